The third kappa shape index (κ3) is 4.00. The van der Waals surface area contributed by atoms with Crippen molar-refractivity contribution in [2.75, 3.05) is 13.3 Å². The van der Waals surface area contributed by atoms with Crippen molar-refractivity contribution < 1.29 is 13.9 Å². The Morgan fingerprint density at radius 3 is 2.76 bits per heavy atom. The highest BCUT2D eigenvalue weighted by Gasteiger charge is 2.15. The molecule has 0 radical (unpaired) electrons. The second-order valence-electron chi connectivity index (χ2n) is 6.72. The number of fused-ring (bicyclic) bond motifs is 1. The standard InChI is InChI=1S/C22H20FN3O2S/c1-14(2)11-24-22-26(19(12-29-22)17-6-4-5-7-18(17)23)25-15(3)16-8-9-20-21(10-16)28-13-27-20/h4-10,12H,1,11,13H2,2-3H3. The van der Waals surface area contributed by atoms with Gasteiger partial charge in [-0.25, -0.2) is 9.07 Å². The summed E-state index contributed by atoms with van der Waals surface area (Å²) in [5.74, 6) is 1.10. The molecule has 0 N–H and O–H groups in total. The Kier molecular flexibility index (Phi) is 5.31. The molecule has 5 nitrogen and oxygen atoms in total. The number of benzene rings is 2. The lowest BCUT2D eigenvalue weighted by atomic mass is 10.1. The monoisotopic (exact) mass is 409 g/mol. The molecule has 0 fully saturated rings. The summed E-state index contributed by atoms with van der Waals surface area (Å²) >= 11 is 1.42. The number of rotatable bonds is 5. The third-order valence-corrected chi connectivity index (χ3v) is 5.21. The lowest BCUT2D eigenvalue weighted by Gasteiger charge is -2.08. The summed E-state index contributed by atoms with van der Waals surface area (Å²) in [6, 6.07) is 12.3. The van der Waals surface area contributed by atoms with E-state index >= 15 is 0 Å². The number of ether oxygens (including phenoxy) is 2. The van der Waals surface area contributed by atoms with Crippen molar-refractivity contribution in [3.63, 3.8) is 0 Å². The van der Waals surface area contributed by atoms with Gasteiger partial charge in [-0.3, -0.25) is 4.99 Å². The average molecular weight is 409 g/mol. The van der Waals surface area contributed by atoms with E-state index in [0.717, 1.165) is 16.8 Å². The van der Waals surface area contributed by atoms with Gasteiger partial charge in [0.25, 0.3) is 0 Å². The van der Waals surface area contributed by atoms with Gasteiger partial charge in [-0.15, -0.1) is 11.3 Å². The molecular weight excluding hydrogens is 389 g/mol. The second-order valence-corrected chi connectivity index (χ2v) is 7.56. The SMILES string of the molecule is C=C(C)CN=c1scc(-c2ccccc2F)n1N=C(C)c1ccc2c(c1)OCO2. The number of halogens is 1. The van der Waals surface area contributed by atoms with E-state index in [4.69, 9.17) is 14.6 Å². The van der Waals surface area contributed by atoms with Crippen molar-refractivity contribution in [1.82, 2.24) is 4.68 Å². The van der Waals surface area contributed by atoms with E-state index < -0.39 is 0 Å². The van der Waals surface area contributed by atoms with Gasteiger partial charge < -0.3 is 9.47 Å². The van der Waals surface area contributed by atoms with Crippen LogP contribution < -0.4 is 14.3 Å². The van der Waals surface area contributed by atoms with E-state index in [1.807, 2.05) is 37.4 Å². The van der Waals surface area contributed by atoms with Gasteiger partial charge in [-0.05, 0) is 44.2 Å². The quantitative estimate of drug-likeness (QED) is 0.447. The van der Waals surface area contributed by atoms with E-state index in [-0.39, 0.29) is 12.6 Å². The van der Waals surface area contributed by atoms with E-state index in [9.17, 15) is 4.39 Å². The Hall–Kier alpha value is -3.19. The van der Waals surface area contributed by atoms with Crippen LogP contribution in [0.3, 0.4) is 0 Å². The minimum absolute atomic E-state index is 0.218. The van der Waals surface area contributed by atoms with Crippen LogP contribution in [0.15, 0.2) is 70.1 Å². The molecule has 1 aliphatic rings. The molecule has 1 aliphatic heterocycles. The van der Waals surface area contributed by atoms with Crippen LogP contribution in [0.25, 0.3) is 11.3 Å². The van der Waals surface area contributed by atoms with Crippen molar-refractivity contribution in [3.05, 3.63) is 76.2 Å². The molecule has 3 aromatic rings. The molecule has 1 aromatic heterocycles. The summed E-state index contributed by atoms with van der Waals surface area (Å²) in [5, 5.41) is 6.63. The van der Waals surface area contributed by atoms with E-state index in [2.05, 4.69) is 11.6 Å². The van der Waals surface area contributed by atoms with Crippen molar-refractivity contribution in [2.45, 2.75) is 13.8 Å². The zero-order valence-corrected chi connectivity index (χ0v) is 17.0. The first-order valence-corrected chi connectivity index (χ1v) is 9.97. The summed E-state index contributed by atoms with van der Waals surface area (Å²) in [4.78, 5) is 5.27. The molecule has 2 aromatic carbocycles. The van der Waals surface area contributed by atoms with Crippen LogP contribution in [-0.2, 0) is 0 Å². The van der Waals surface area contributed by atoms with Gasteiger partial charge in [0.15, 0.2) is 11.5 Å². The Bertz CT molecular complexity index is 1180. The lowest BCUT2D eigenvalue weighted by molar-refractivity contribution is 0.174. The summed E-state index contributed by atoms with van der Waals surface area (Å²) in [7, 11) is 0. The minimum atomic E-state index is -0.304. The molecular formula is C22H20FN3O2S. The van der Waals surface area contributed by atoms with Gasteiger partial charge in [-0.1, -0.05) is 24.3 Å². The van der Waals surface area contributed by atoms with E-state index in [1.54, 1.807) is 22.9 Å². The maximum Gasteiger partial charge on any atom is 0.231 e. The summed E-state index contributed by atoms with van der Waals surface area (Å²) in [5.41, 5.74) is 3.69. The predicted molar refractivity (Wildman–Crippen MR) is 113 cm³/mol. The number of hydrogen-bond acceptors (Lipinski definition) is 5. The zero-order valence-electron chi connectivity index (χ0n) is 16.2. The third-order valence-electron chi connectivity index (χ3n) is 4.36. The maximum absolute atomic E-state index is 14.5. The number of thiazole rings is 1. The fraction of sp³-hybridized carbons (Fsp3) is 0.182. The highest BCUT2D eigenvalue weighted by atomic mass is 32.1. The minimum Gasteiger partial charge on any atom is -0.454 e. The fourth-order valence-corrected chi connectivity index (χ4v) is 3.71. The Balaban J connectivity index is 1.83. The molecule has 0 atom stereocenters. The number of nitrogens with zero attached hydrogens (tertiary/aromatic N) is 3. The predicted octanol–water partition coefficient (Wildman–Crippen LogP) is 4.83. The highest BCUT2D eigenvalue weighted by molar-refractivity contribution is 7.07. The van der Waals surface area contributed by atoms with Crippen LogP contribution >= 0.6 is 11.3 Å². The summed E-state index contributed by atoms with van der Waals surface area (Å²) < 4.78 is 27.0. The van der Waals surface area contributed by atoms with Crippen LogP contribution in [-0.4, -0.2) is 23.7 Å². The van der Waals surface area contributed by atoms with Crippen molar-refractivity contribution >= 4 is 17.0 Å². The molecule has 0 aliphatic carbocycles. The maximum atomic E-state index is 14.5. The molecule has 4 rings (SSSR count). The van der Waals surface area contributed by atoms with Crippen LogP contribution in [0.2, 0.25) is 0 Å². The normalized spacial score (nSPS) is 13.8. The van der Waals surface area contributed by atoms with Gasteiger partial charge in [0.1, 0.15) is 5.82 Å². The van der Waals surface area contributed by atoms with Crippen LogP contribution in [0.4, 0.5) is 4.39 Å². The first kappa shape index (κ1) is 19.1. The summed E-state index contributed by atoms with van der Waals surface area (Å²) in [6.07, 6.45) is 0. The zero-order chi connectivity index (χ0) is 20.4. The molecule has 0 bridgehead atoms. The van der Waals surface area contributed by atoms with Crippen molar-refractivity contribution in [2.24, 2.45) is 10.1 Å². The van der Waals surface area contributed by atoms with Crippen LogP contribution in [0.5, 0.6) is 11.5 Å². The topological polar surface area (TPSA) is 48.1 Å². The molecule has 0 spiro atoms. The molecule has 0 saturated heterocycles. The second kappa shape index (κ2) is 8.05. The molecule has 148 valence electrons. The summed E-state index contributed by atoms with van der Waals surface area (Å²) in [6.45, 7) is 8.42. The molecule has 29 heavy (non-hydrogen) atoms. The Labute approximate surface area is 172 Å². The van der Waals surface area contributed by atoms with Gasteiger partial charge in [-0.2, -0.15) is 5.10 Å². The van der Waals surface area contributed by atoms with Gasteiger partial charge in [0, 0.05) is 16.5 Å². The largest absolute Gasteiger partial charge is 0.454 e. The van der Waals surface area contributed by atoms with Crippen molar-refractivity contribution in [1.29, 1.82) is 0 Å². The Morgan fingerprint density at radius 2 is 1.97 bits per heavy atom. The average Bonchev–Trinajstić information content (AvgIpc) is 3.33. The fourth-order valence-electron chi connectivity index (χ4n) is 2.89. The van der Waals surface area contributed by atoms with E-state index in [1.165, 1.54) is 17.4 Å². The first-order chi connectivity index (χ1) is 14.0. The molecule has 0 unspecified atom stereocenters. The molecule has 7 heteroatoms. The Morgan fingerprint density at radius 1 is 1.17 bits per heavy atom. The lowest BCUT2D eigenvalue weighted by Crippen LogP contribution is -2.15. The van der Waals surface area contributed by atoms with E-state index in [0.29, 0.717) is 34.1 Å². The first-order valence-electron chi connectivity index (χ1n) is 9.09. The number of aromatic nitrogens is 1. The molecule has 0 amide bonds. The smallest absolute Gasteiger partial charge is 0.231 e. The van der Waals surface area contributed by atoms with Gasteiger partial charge >= 0.3 is 0 Å². The van der Waals surface area contributed by atoms with Crippen LogP contribution in [0.1, 0.15) is 19.4 Å². The van der Waals surface area contributed by atoms with Crippen molar-refractivity contribution in [3.8, 4) is 22.8 Å². The van der Waals surface area contributed by atoms with Gasteiger partial charge in [0.05, 0.1) is 18.0 Å². The van der Waals surface area contributed by atoms with Crippen LogP contribution in [0, 0.1) is 5.82 Å². The molecule has 2 heterocycles. The van der Waals surface area contributed by atoms with Gasteiger partial charge in [0.2, 0.25) is 11.6 Å². The molecule has 0 saturated carbocycles. The highest BCUT2D eigenvalue weighted by Crippen LogP contribution is 2.32. The number of hydrogen-bond donors (Lipinski definition) is 0.